The molecule has 47 heavy (non-hydrogen) atoms. The number of nitrogens with one attached hydrogen (secondary N) is 2. The number of hydrazine groups is 1. The van der Waals surface area contributed by atoms with E-state index in [4.69, 9.17) is 25.1 Å². The van der Waals surface area contributed by atoms with Crippen molar-refractivity contribution in [1.82, 2.24) is 10.9 Å². The summed E-state index contributed by atoms with van der Waals surface area (Å²) in [5.41, 5.74) is 15.6. The van der Waals surface area contributed by atoms with Crippen molar-refractivity contribution in [2.45, 2.75) is 68.7 Å². The van der Waals surface area contributed by atoms with E-state index in [2.05, 4.69) is 20.9 Å². The molecule has 0 aromatic heterocycles. The van der Waals surface area contributed by atoms with Gasteiger partial charge in [-0.15, -0.1) is 0 Å². The molecular formula is C36H42N6O5. The number of nitrogens with zero attached hydrogens (tertiary/aromatic N) is 4. The highest BCUT2D eigenvalue weighted by Gasteiger charge is 2.53. The van der Waals surface area contributed by atoms with E-state index >= 15 is 0 Å². The summed E-state index contributed by atoms with van der Waals surface area (Å²) < 4.78 is 12.3. The Labute approximate surface area is 274 Å². The summed E-state index contributed by atoms with van der Waals surface area (Å²) in [5.74, 6) is 0.499. The van der Waals surface area contributed by atoms with Crippen molar-refractivity contribution in [2.75, 3.05) is 19.8 Å². The van der Waals surface area contributed by atoms with Gasteiger partial charge in [-0.3, -0.25) is 10.2 Å². The maximum absolute atomic E-state index is 14.4. The van der Waals surface area contributed by atoms with E-state index in [0.29, 0.717) is 48.3 Å². The number of carbonyl (C=O) groups excluding carboxylic acids is 1. The molecular weight excluding hydrogens is 596 g/mol. The van der Waals surface area contributed by atoms with Gasteiger partial charge in [0.25, 0.3) is 5.91 Å². The zero-order valence-corrected chi connectivity index (χ0v) is 26.4. The van der Waals surface area contributed by atoms with Crippen LogP contribution in [0.15, 0.2) is 95.0 Å². The van der Waals surface area contributed by atoms with E-state index in [1.54, 1.807) is 12.1 Å². The largest absolute Gasteiger partial charge is 0.494 e. The van der Waals surface area contributed by atoms with Gasteiger partial charge in [-0.25, -0.2) is 10.4 Å². The van der Waals surface area contributed by atoms with E-state index in [-0.39, 0.29) is 32.0 Å². The Balaban J connectivity index is 1.52. The highest BCUT2D eigenvalue weighted by Crippen LogP contribution is 2.44. The first kappa shape index (κ1) is 33.7. The van der Waals surface area contributed by atoms with E-state index in [1.165, 1.54) is 0 Å². The minimum atomic E-state index is -1.47. The molecule has 0 bridgehead atoms. The van der Waals surface area contributed by atoms with Crippen LogP contribution >= 0.6 is 0 Å². The van der Waals surface area contributed by atoms with Crippen molar-refractivity contribution in [3.8, 4) is 5.75 Å². The van der Waals surface area contributed by atoms with Gasteiger partial charge in [0, 0.05) is 36.5 Å². The minimum absolute atomic E-state index is 0.0439. The molecule has 5 rings (SSSR count). The van der Waals surface area contributed by atoms with E-state index in [0.717, 1.165) is 24.8 Å². The Bertz CT molecular complexity index is 1580. The maximum atomic E-state index is 14.4. The summed E-state index contributed by atoms with van der Waals surface area (Å²) in [4.78, 5) is 22.4. The first-order valence-corrected chi connectivity index (χ1v) is 16.1. The molecule has 1 amide bonds. The van der Waals surface area contributed by atoms with Gasteiger partial charge >= 0.3 is 0 Å². The molecule has 246 valence electrons. The number of rotatable bonds is 15. The van der Waals surface area contributed by atoms with Gasteiger partial charge in [0.1, 0.15) is 5.75 Å². The predicted molar refractivity (Wildman–Crippen MR) is 180 cm³/mol. The number of hydrogen-bond donors (Lipinski definition) is 4. The number of benzene rings is 3. The molecule has 3 aromatic carbocycles. The minimum Gasteiger partial charge on any atom is -0.494 e. The Morgan fingerprint density at radius 3 is 2.55 bits per heavy atom. The fourth-order valence-electron chi connectivity index (χ4n) is 6.06. The second-order valence-corrected chi connectivity index (χ2v) is 12.0. The van der Waals surface area contributed by atoms with Crippen LogP contribution in [0.5, 0.6) is 5.75 Å². The molecule has 0 saturated heterocycles. The topological polar surface area (TPSA) is 161 Å². The predicted octanol–water partition coefficient (Wildman–Crippen LogP) is 5.93. The summed E-state index contributed by atoms with van der Waals surface area (Å²) >= 11 is 0. The second kappa shape index (κ2) is 16.2. The monoisotopic (exact) mass is 638 g/mol. The molecule has 1 aliphatic heterocycles. The SMILES string of the molecule is [N-]=[N+]=NCc1ccccc1[C@@H]1OC(c2ccc(OCCCO)cc2)=N[C@]1(C/C=C/c1ccccc1)C(=O)NNCC1(O)CCCCC1. The number of ether oxygens (including phenoxy) is 2. The van der Waals surface area contributed by atoms with E-state index < -0.39 is 23.2 Å². The third kappa shape index (κ3) is 8.58. The van der Waals surface area contributed by atoms with Crippen LogP contribution in [-0.2, 0) is 16.1 Å². The summed E-state index contributed by atoms with van der Waals surface area (Å²) in [6.45, 7) is 0.714. The lowest BCUT2D eigenvalue weighted by molar-refractivity contribution is -0.130. The van der Waals surface area contributed by atoms with Gasteiger partial charge in [-0.2, -0.15) is 0 Å². The first-order valence-electron chi connectivity index (χ1n) is 16.1. The number of aliphatic hydroxyl groups excluding tert-OH is 1. The van der Waals surface area contributed by atoms with E-state index in [9.17, 15) is 9.90 Å². The first-order chi connectivity index (χ1) is 23.0. The average Bonchev–Trinajstić information content (AvgIpc) is 3.49. The standard InChI is InChI=1S/C36H42N6O5/c37-42-38-25-29-14-5-6-15-31(29)32-36(22-9-13-27-11-3-1-4-12-27,34(44)41-39-26-35(45)20-7-2-8-21-35)40-33(47-32)28-16-18-30(19-17-28)46-24-10-23-43/h1,3-6,9,11-19,32,39,43,45H,2,7-8,10,20-26H2,(H,41,44)/b13-9+/t32-,36-/m0/s1. The van der Waals surface area contributed by atoms with Gasteiger partial charge in [-0.05, 0) is 59.3 Å². The molecule has 1 saturated carbocycles. The Morgan fingerprint density at radius 2 is 1.81 bits per heavy atom. The number of aliphatic imine (C=N–C) groups is 1. The van der Waals surface area contributed by atoms with Gasteiger partial charge in [-0.1, -0.05) is 91.1 Å². The van der Waals surface area contributed by atoms with Crippen LogP contribution in [0, 0.1) is 0 Å². The molecule has 1 heterocycles. The van der Waals surface area contributed by atoms with Crippen molar-refractivity contribution in [3.05, 3.63) is 118 Å². The molecule has 1 aliphatic carbocycles. The lowest BCUT2D eigenvalue weighted by atomic mass is 9.82. The third-order valence-electron chi connectivity index (χ3n) is 8.61. The molecule has 0 unspecified atom stereocenters. The Hall–Kier alpha value is -4.67. The smallest absolute Gasteiger partial charge is 0.266 e. The molecule has 3 aromatic rings. The molecule has 1 fully saturated rings. The van der Waals surface area contributed by atoms with Gasteiger partial charge < -0.3 is 19.7 Å². The van der Waals surface area contributed by atoms with Gasteiger partial charge in [0.05, 0.1) is 18.8 Å². The van der Waals surface area contributed by atoms with Gasteiger partial charge in [0.2, 0.25) is 5.90 Å². The quantitative estimate of drug-likeness (QED) is 0.0530. The number of aliphatic hydroxyl groups is 2. The van der Waals surface area contributed by atoms with E-state index in [1.807, 2.05) is 78.9 Å². The van der Waals surface area contributed by atoms with Gasteiger partial charge in [0.15, 0.2) is 11.6 Å². The average molecular weight is 639 g/mol. The summed E-state index contributed by atoms with van der Waals surface area (Å²) in [6.07, 6.45) is 8.01. The number of azide groups is 1. The number of hydrogen-bond acceptors (Lipinski definition) is 8. The maximum Gasteiger partial charge on any atom is 0.266 e. The van der Waals surface area contributed by atoms with Crippen molar-refractivity contribution in [3.63, 3.8) is 0 Å². The molecule has 2 aliphatic rings. The molecule has 11 heteroatoms. The lowest BCUT2D eigenvalue weighted by Gasteiger charge is -2.34. The van der Waals surface area contributed by atoms with Crippen LogP contribution in [0.25, 0.3) is 16.5 Å². The van der Waals surface area contributed by atoms with Crippen molar-refractivity contribution >= 4 is 17.9 Å². The number of amides is 1. The molecule has 0 spiro atoms. The van der Waals surface area contributed by atoms with Crippen molar-refractivity contribution in [2.24, 2.45) is 10.1 Å². The Kier molecular flexibility index (Phi) is 11.6. The van der Waals surface area contributed by atoms with Crippen molar-refractivity contribution in [1.29, 1.82) is 0 Å². The summed E-state index contributed by atoms with van der Waals surface area (Å²) in [6, 6.07) is 24.4. The van der Waals surface area contributed by atoms with Crippen LogP contribution < -0.4 is 15.6 Å². The lowest BCUT2D eigenvalue weighted by Crippen LogP contribution is -2.55. The zero-order valence-electron chi connectivity index (χ0n) is 26.4. The fraction of sp³-hybridized carbons (Fsp3) is 0.389. The highest BCUT2D eigenvalue weighted by molar-refractivity contribution is 6.01. The van der Waals surface area contributed by atoms with Crippen LogP contribution in [0.2, 0.25) is 0 Å². The Morgan fingerprint density at radius 1 is 1.06 bits per heavy atom. The second-order valence-electron chi connectivity index (χ2n) is 12.0. The molecule has 4 N–H and O–H groups in total. The summed E-state index contributed by atoms with van der Waals surface area (Å²) in [5, 5.41) is 24.0. The van der Waals surface area contributed by atoms with Crippen LogP contribution in [0.1, 0.15) is 73.3 Å². The molecule has 2 atom stereocenters. The summed E-state index contributed by atoms with van der Waals surface area (Å²) in [7, 11) is 0. The highest BCUT2D eigenvalue weighted by atomic mass is 16.5. The van der Waals surface area contributed by atoms with Crippen LogP contribution in [-0.4, -0.2) is 52.9 Å². The zero-order chi connectivity index (χ0) is 33.0. The van der Waals surface area contributed by atoms with Crippen LogP contribution in [0.3, 0.4) is 0 Å². The fourth-order valence-corrected chi connectivity index (χ4v) is 6.06. The normalized spacial score (nSPS) is 20.2. The third-order valence-corrected chi connectivity index (χ3v) is 8.61. The van der Waals surface area contributed by atoms with Crippen molar-refractivity contribution < 1.29 is 24.5 Å². The molecule has 0 radical (unpaired) electrons. The van der Waals surface area contributed by atoms with Crippen LogP contribution in [0.4, 0.5) is 0 Å². The number of carbonyl (C=O) groups is 1. The molecule has 11 nitrogen and oxygen atoms in total.